The van der Waals surface area contributed by atoms with E-state index in [0.717, 1.165) is 41.9 Å². The number of ether oxygens (including phenoxy) is 1. The summed E-state index contributed by atoms with van der Waals surface area (Å²) < 4.78 is 5.66. The third-order valence-corrected chi connectivity index (χ3v) is 3.33. The maximum Gasteiger partial charge on any atom is 0.119 e. The van der Waals surface area contributed by atoms with E-state index in [0.29, 0.717) is 0 Å². The van der Waals surface area contributed by atoms with Crippen LogP contribution < -0.4 is 10.1 Å². The van der Waals surface area contributed by atoms with E-state index in [1.165, 1.54) is 5.56 Å². The minimum absolute atomic E-state index is 0.751. The average molecular weight is 281 g/mol. The molecule has 0 aliphatic heterocycles. The number of para-hydroxylation sites is 1. The van der Waals surface area contributed by atoms with Crippen molar-refractivity contribution in [3.8, 4) is 5.75 Å². The van der Waals surface area contributed by atoms with E-state index >= 15 is 0 Å². The third-order valence-electron chi connectivity index (χ3n) is 3.33. The molecule has 108 valence electrons. The number of nitrogens with one attached hydrogen (secondary N) is 2. The van der Waals surface area contributed by atoms with Crippen molar-refractivity contribution in [2.75, 3.05) is 11.9 Å². The van der Waals surface area contributed by atoms with Crippen molar-refractivity contribution in [3.63, 3.8) is 0 Å². The van der Waals surface area contributed by atoms with E-state index < -0.39 is 0 Å². The average Bonchev–Trinajstić information content (AvgIpc) is 3.00. The molecule has 21 heavy (non-hydrogen) atoms. The van der Waals surface area contributed by atoms with Gasteiger partial charge in [0.2, 0.25) is 0 Å². The van der Waals surface area contributed by atoms with Crippen LogP contribution in [0.5, 0.6) is 5.75 Å². The van der Waals surface area contributed by atoms with E-state index in [4.69, 9.17) is 4.74 Å². The van der Waals surface area contributed by atoms with Gasteiger partial charge >= 0.3 is 0 Å². The van der Waals surface area contributed by atoms with Crippen molar-refractivity contribution in [2.45, 2.75) is 19.9 Å². The fourth-order valence-electron chi connectivity index (χ4n) is 2.28. The fraction of sp³-hybridized carbons (Fsp3) is 0.235. The Kier molecular flexibility index (Phi) is 4.05. The molecule has 1 aromatic heterocycles. The number of fused-ring (bicyclic) bond motifs is 1. The molecule has 0 saturated heterocycles. The van der Waals surface area contributed by atoms with Gasteiger partial charge in [-0.25, -0.2) is 0 Å². The van der Waals surface area contributed by atoms with Crippen LogP contribution in [0, 0.1) is 0 Å². The highest BCUT2D eigenvalue weighted by molar-refractivity contribution is 5.89. The van der Waals surface area contributed by atoms with Gasteiger partial charge in [0.15, 0.2) is 0 Å². The molecule has 0 bridgehead atoms. The Morgan fingerprint density at radius 2 is 2.10 bits per heavy atom. The Labute approximate surface area is 124 Å². The molecular weight excluding hydrogens is 262 g/mol. The molecule has 0 spiro atoms. The quantitative estimate of drug-likeness (QED) is 0.719. The van der Waals surface area contributed by atoms with Gasteiger partial charge in [-0.15, -0.1) is 0 Å². The molecular formula is C17H19N3O. The molecule has 0 radical (unpaired) electrons. The molecule has 0 aliphatic rings. The summed E-state index contributed by atoms with van der Waals surface area (Å²) in [6.07, 6.45) is 2.85. The van der Waals surface area contributed by atoms with Crippen molar-refractivity contribution < 1.29 is 4.74 Å². The molecule has 4 heteroatoms. The van der Waals surface area contributed by atoms with Crippen LogP contribution in [-0.2, 0) is 6.54 Å². The standard InChI is InChI=1S/C17H19N3O/c1-2-9-21-15-7-3-5-13(10-15)11-18-16-8-4-6-14-12-19-20-17(14)16/h3-8,10,12,18H,2,9,11H2,1H3,(H,19,20). The first kappa shape index (κ1) is 13.5. The normalized spacial score (nSPS) is 10.7. The highest BCUT2D eigenvalue weighted by Crippen LogP contribution is 2.21. The second-order valence-corrected chi connectivity index (χ2v) is 4.99. The van der Waals surface area contributed by atoms with Gasteiger partial charge in [-0.2, -0.15) is 5.10 Å². The van der Waals surface area contributed by atoms with E-state index in [2.05, 4.69) is 40.6 Å². The number of H-pyrrole nitrogens is 1. The Hall–Kier alpha value is -2.49. The lowest BCUT2D eigenvalue weighted by Gasteiger charge is -2.09. The zero-order valence-electron chi connectivity index (χ0n) is 12.1. The molecule has 1 heterocycles. The van der Waals surface area contributed by atoms with Gasteiger partial charge in [-0.1, -0.05) is 31.2 Å². The Balaban J connectivity index is 1.71. The van der Waals surface area contributed by atoms with Gasteiger partial charge in [-0.05, 0) is 30.2 Å². The molecule has 2 N–H and O–H groups in total. The summed E-state index contributed by atoms with van der Waals surface area (Å²) in [7, 11) is 0. The maximum absolute atomic E-state index is 5.66. The molecule has 4 nitrogen and oxygen atoms in total. The van der Waals surface area contributed by atoms with Crippen LogP contribution in [0.15, 0.2) is 48.7 Å². The summed E-state index contributed by atoms with van der Waals surface area (Å²) in [6.45, 7) is 3.61. The lowest BCUT2D eigenvalue weighted by Crippen LogP contribution is -2.01. The number of benzene rings is 2. The van der Waals surface area contributed by atoms with E-state index in [9.17, 15) is 0 Å². The minimum atomic E-state index is 0.751. The molecule has 0 fully saturated rings. The van der Waals surface area contributed by atoms with Gasteiger partial charge in [0.05, 0.1) is 24.0 Å². The molecule has 0 amide bonds. The smallest absolute Gasteiger partial charge is 0.119 e. The van der Waals surface area contributed by atoms with Crippen LogP contribution in [0.25, 0.3) is 10.9 Å². The zero-order valence-corrected chi connectivity index (χ0v) is 12.1. The second-order valence-electron chi connectivity index (χ2n) is 4.99. The number of nitrogens with zero attached hydrogens (tertiary/aromatic N) is 1. The predicted octanol–water partition coefficient (Wildman–Crippen LogP) is 3.96. The summed E-state index contributed by atoms with van der Waals surface area (Å²) in [5, 5.41) is 11.7. The summed E-state index contributed by atoms with van der Waals surface area (Å²) in [6, 6.07) is 14.3. The van der Waals surface area contributed by atoms with Crippen LogP contribution in [0.3, 0.4) is 0 Å². The third kappa shape index (κ3) is 3.16. The maximum atomic E-state index is 5.66. The van der Waals surface area contributed by atoms with Crippen LogP contribution in [-0.4, -0.2) is 16.8 Å². The number of aromatic amines is 1. The van der Waals surface area contributed by atoms with Crippen molar-refractivity contribution in [2.24, 2.45) is 0 Å². The number of anilines is 1. The first-order chi connectivity index (χ1) is 10.4. The van der Waals surface area contributed by atoms with E-state index in [-0.39, 0.29) is 0 Å². The van der Waals surface area contributed by atoms with Gasteiger partial charge in [0, 0.05) is 11.9 Å². The van der Waals surface area contributed by atoms with E-state index in [1.54, 1.807) is 0 Å². The fourth-order valence-corrected chi connectivity index (χ4v) is 2.28. The summed E-state index contributed by atoms with van der Waals surface area (Å²) in [4.78, 5) is 0. The summed E-state index contributed by atoms with van der Waals surface area (Å²) in [5.74, 6) is 0.927. The predicted molar refractivity (Wildman–Crippen MR) is 85.6 cm³/mol. The van der Waals surface area contributed by atoms with Crippen LogP contribution in [0.4, 0.5) is 5.69 Å². The van der Waals surface area contributed by atoms with Gasteiger partial charge in [0.25, 0.3) is 0 Å². The Bertz CT molecular complexity index is 721. The number of aromatic nitrogens is 2. The molecule has 0 saturated carbocycles. The monoisotopic (exact) mass is 281 g/mol. The molecule has 3 rings (SSSR count). The Morgan fingerprint density at radius 3 is 3.00 bits per heavy atom. The molecule has 0 unspecified atom stereocenters. The highest BCUT2D eigenvalue weighted by Gasteiger charge is 2.02. The molecule has 2 aromatic carbocycles. The lowest BCUT2D eigenvalue weighted by atomic mass is 10.2. The topological polar surface area (TPSA) is 49.9 Å². The largest absolute Gasteiger partial charge is 0.494 e. The SMILES string of the molecule is CCCOc1cccc(CNc2cccc3cn[nH]c23)c1. The van der Waals surface area contributed by atoms with Crippen molar-refractivity contribution >= 4 is 16.6 Å². The number of hydrogen-bond donors (Lipinski definition) is 2. The summed E-state index contributed by atoms with van der Waals surface area (Å²) >= 11 is 0. The second kappa shape index (κ2) is 6.31. The van der Waals surface area contributed by atoms with Crippen LogP contribution in [0.1, 0.15) is 18.9 Å². The highest BCUT2D eigenvalue weighted by atomic mass is 16.5. The molecule has 3 aromatic rings. The molecule has 0 atom stereocenters. The minimum Gasteiger partial charge on any atom is -0.494 e. The van der Waals surface area contributed by atoms with Crippen LogP contribution >= 0.6 is 0 Å². The van der Waals surface area contributed by atoms with Crippen molar-refractivity contribution in [3.05, 3.63) is 54.2 Å². The van der Waals surface area contributed by atoms with Crippen molar-refractivity contribution in [1.82, 2.24) is 10.2 Å². The van der Waals surface area contributed by atoms with Gasteiger partial charge in [-0.3, -0.25) is 5.10 Å². The first-order valence-corrected chi connectivity index (χ1v) is 7.24. The van der Waals surface area contributed by atoms with Crippen LogP contribution in [0.2, 0.25) is 0 Å². The summed E-state index contributed by atoms with van der Waals surface area (Å²) in [5.41, 5.74) is 3.29. The number of hydrogen-bond acceptors (Lipinski definition) is 3. The van der Waals surface area contributed by atoms with Crippen molar-refractivity contribution in [1.29, 1.82) is 0 Å². The number of rotatable bonds is 6. The Morgan fingerprint density at radius 1 is 1.19 bits per heavy atom. The first-order valence-electron chi connectivity index (χ1n) is 7.24. The lowest BCUT2D eigenvalue weighted by molar-refractivity contribution is 0.317. The van der Waals surface area contributed by atoms with Gasteiger partial charge < -0.3 is 10.1 Å². The molecule has 0 aliphatic carbocycles. The van der Waals surface area contributed by atoms with E-state index in [1.807, 2.05) is 30.5 Å². The zero-order chi connectivity index (χ0) is 14.5. The van der Waals surface area contributed by atoms with Gasteiger partial charge in [0.1, 0.15) is 5.75 Å².